The molecule has 25 heavy (non-hydrogen) atoms. The van der Waals surface area contributed by atoms with Gasteiger partial charge in [-0.15, -0.1) is 10.2 Å². The minimum Gasteiger partial charge on any atom is -0.494 e. The first-order valence-corrected chi connectivity index (χ1v) is 7.65. The average Bonchev–Trinajstić information content (AvgIpc) is 2.93. The predicted octanol–water partition coefficient (Wildman–Crippen LogP) is 3.85. The number of fused-ring (bicyclic) bond motifs is 3. The summed E-state index contributed by atoms with van der Waals surface area (Å²) >= 11 is 0. The Morgan fingerprint density at radius 3 is 2.60 bits per heavy atom. The van der Waals surface area contributed by atoms with E-state index >= 15 is 0 Å². The highest BCUT2D eigenvalue weighted by atomic mass is 19.1. The van der Waals surface area contributed by atoms with Crippen LogP contribution in [0.1, 0.15) is 11.3 Å². The quantitative estimate of drug-likeness (QED) is 0.556. The third-order valence-corrected chi connectivity index (χ3v) is 4.11. The first-order valence-electron chi connectivity index (χ1n) is 7.65. The average molecular weight is 340 g/mol. The van der Waals surface area contributed by atoms with Gasteiger partial charge in [-0.25, -0.2) is 13.8 Å². The van der Waals surface area contributed by atoms with Crippen molar-refractivity contribution in [3.05, 3.63) is 53.2 Å². The Morgan fingerprint density at radius 1 is 1.04 bits per heavy atom. The Balaban J connectivity index is 2.19. The zero-order valence-electron chi connectivity index (χ0n) is 13.8. The molecular weight excluding hydrogens is 326 g/mol. The van der Waals surface area contributed by atoms with Crippen molar-refractivity contribution in [1.29, 1.82) is 0 Å². The van der Waals surface area contributed by atoms with Crippen molar-refractivity contribution in [1.82, 2.24) is 19.6 Å². The minimum atomic E-state index is -0.485. The summed E-state index contributed by atoms with van der Waals surface area (Å²) in [7, 11) is 1.43. The van der Waals surface area contributed by atoms with E-state index in [0.29, 0.717) is 33.8 Å². The van der Waals surface area contributed by atoms with E-state index in [2.05, 4.69) is 15.2 Å². The summed E-state index contributed by atoms with van der Waals surface area (Å²) in [5, 5.41) is 8.30. The molecule has 0 unspecified atom stereocenters. The fourth-order valence-electron chi connectivity index (χ4n) is 2.94. The van der Waals surface area contributed by atoms with Gasteiger partial charge in [-0.1, -0.05) is 11.6 Å². The second-order valence-electron chi connectivity index (χ2n) is 5.84. The van der Waals surface area contributed by atoms with Crippen LogP contribution in [0, 0.1) is 25.5 Å². The van der Waals surface area contributed by atoms with Crippen LogP contribution >= 0.6 is 0 Å². The molecule has 0 aliphatic rings. The molecule has 2 aromatic carbocycles. The smallest absolute Gasteiger partial charge is 0.183 e. The number of ether oxygens (including phenoxy) is 1. The van der Waals surface area contributed by atoms with Gasteiger partial charge in [-0.3, -0.25) is 4.40 Å². The van der Waals surface area contributed by atoms with Crippen molar-refractivity contribution in [3.63, 3.8) is 0 Å². The first kappa shape index (κ1) is 15.4. The molecule has 2 aromatic heterocycles. The Labute approximate surface area is 141 Å². The number of aromatic nitrogens is 4. The van der Waals surface area contributed by atoms with Gasteiger partial charge in [-0.05, 0) is 26.0 Å². The molecule has 7 heteroatoms. The number of nitrogens with zero attached hydrogens (tertiary/aromatic N) is 4. The van der Waals surface area contributed by atoms with E-state index in [1.165, 1.54) is 25.3 Å². The van der Waals surface area contributed by atoms with Crippen LogP contribution in [0.15, 0.2) is 30.3 Å². The van der Waals surface area contributed by atoms with Crippen molar-refractivity contribution >= 4 is 16.7 Å². The molecule has 0 saturated heterocycles. The maximum Gasteiger partial charge on any atom is 0.183 e. The molecule has 4 rings (SSSR count). The first-order chi connectivity index (χ1) is 12.0. The Hall–Kier alpha value is -3.09. The lowest BCUT2D eigenvalue weighted by Crippen LogP contribution is -2.01. The maximum atomic E-state index is 14.4. The van der Waals surface area contributed by atoms with E-state index in [9.17, 15) is 8.78 Å². The van der Waals surface area contributed by atoms with Crippen LogP contribution in [0.4, 0.5) is 8.78 Å². The highest BCUT2D eigenvalue weighted by molar-refractivity contribution is 5.85. The van der Waals surface area contributed by atoms with Crippen LogP contribution in [-0.4, -0.2) is 26.7 Å². The van der Waals surface area contributed by atoms with Crippen molar-refractivity contribution in [2.45, 2.75) is 13.8 Å². The standard InChI is InChI=1S/C18H14F2N4O/c1-9-4-5-13(20)12(6-9)18-21-10(2)17-23-22-16-14(24(17)18)7-11(19)8-15(16)25-3/h4-8H,1-3H3. The fraction of sp³-hybridized carbons (Fsp3) is 0.167. The normalized spacial score (nSPS) is 11.4. The maximum absolute atomic E-state index is 14.4. The number of rotatable bonds is 2. The number of imidazole rings is 1. The van der Waals surface area contributed by atoms with E-state index < -0.39 is 11.6 Å². The summed E-state index contributed by atoms with van der Waals surface area (Å²) in [5.74, 6) is -0.292. The van der Waals surface area contributed by atoms with E-state index in [4.69, 9.17) is 4.74 Å². The molecule has 126 valence electrons. The molecular formula is C18H14F2N4O. The molecule has 0 spiro atoms. The van der Waals surface area contributed by atoms with Crippen LogP contribution in [0.3, 0.4) is 0 Å². The number of methoxy groups -OCH3 is 1. The van der Waals surface area contributed by atoms with Gasteiger partial charge in [0.1, 0.15) is 17.5 Å². The minimum absolute atomic E-state index is 0.256. The molecule has 0 radical (unpaired) electrons. The molecule has 0 amide bonds. The molecule has 0 saturated carbocycles. The van der Waals surface area contributed by atoms with E-state index in [0.717, 1.165) is 5.56 Å². The Morgan fingerprint density at radius 2 is 1.84 bits per heavy atom. The SMILES string of the molecule is COc1cc(F)cc2c1nnc1c(C)nc(-c3cc(C)ccc3F)n12. The molecule has 0 fully saturated rings. The van der Waals surface area contributed by atoms with Crippen LogP contribution in [0.5, 0.6) is 5.75 Å². The van der Waals surface area contributed by atoms with E-state index in [-0.39, 0.29) is 5.75 Å². The van der Waals surface area contributed by atoms with Gasteiger partial charge in [0.25, 0.3) is 0 Å². The van der Waals surface area contributed by atoms with Gasteiger partial charge < -0.3 is 4.74 Å². The van der Waals surface area contributed by atoms with Crippen LogP contribution in [0.2, 0.25) is 0 Å². The molecule has 0 atom stereocenters. The van der Waals surface area contributed by atoms with Crippen molar-refractivity contribution < 1.29 is 13.5 Å². The predicted molar refractivity (Wildman–Crippen MR) is 89.7 cm³/mol. The molecule has 2 heterocycles. The monoisotopic (exact) mass is 340 g/mol. The zero-order valence-corrected chi connectivity index (χ0v) is 13.8. The number of aryl methyl sites for hydroxylation is 2. The van der Waals surface area contributed by atoms with Crippen LogP contribution < -0.4 is 4.74 Å². The zero-order chi connectivity index (χ0) is 17.7. The van der Waals surface area contributed by atoms with Gasteiger partial charge in [0.15, 0.2) is 16.9 Å². The van der Waals surface area contributed by atoms with Gasteiger partial charge in [0, 0.05) is 12.1 Å². The lowest BCUT2D eigenvalue weighted by molar-refractivity contribution is 0.415. The summed E-state index contributed by atoms with van der Waals surface area (Å²) < 4.78 is 35.3. The summed E-state index contributed by atoms with van der Waals surface area (Å²) in [6, 6.07) is 7.32. The van der Waals surface area contributed by atoms with Crippen molar-refractivity contribution in [3.8, 4) is 17.1 Å². The Kier molecular flexibility index (Phi) is 3.38. The topological polar surface area (TPSA) is 52.3 Å². The molecule has 0 N–H and O–H groups in total. The highest BCUT2D eigenvalue weighted by Crippen LogP contribution is 2.31. The number of hydrogen-bond donors (Lipinski definition) is 0. The summed E-state index contributed by atoms with van der Waals surface area (Å²) in [4.78, 5) is 4.45. The van der Waals surface area contributed by atoms with E-state index in [1.54, 1.807) is 23.5 Å². The van der Waals surface area contributed by atoms with Crippen molar-refractivity contribution in [2.24, 2.45) is 0 Å². The molecule has 4 aromatic rings. The number of benzene rings is 2. The lowest BCUT2D eigenvalue weighted by Gasteiger charge is -2.09. The molecule has 0 bridgehead atoms. The highest BCUT2D eigenvalue weighted by Gasteiger charge is 2.19. The summed E-state index contributed by atoms with van der Waals surface area (Å²) in [6.07, 6.45) is 0. The molecule has 5 nitrogen and oxygen atoms in total. The molecule has 0 aliphatic carbocycles. The van der Waals surface area contributed by atoms with Gasteiger partial charge in [-0.2, -0.15) is 0 Å². The van der Waals surface area contributed by atoms with E-state index in [1.807, 2.05) is 6.92 Å². The largest absolute Gasteiger partial charge is 0.494 e. The lowest BCUT2D eigenvalue weighted by atomic mass is 10.1. The van der Waals surface area contributed by atoms with Crippen LogP contribution in [-0.2, 0) is 0 Å². The summed E-state index contributed by atoms with van der Waals surface area (Å²) in [5.41, 5.74) is 3.02. The molecule has 0 aliphatic heterocycles. The number of halogens is 2. The summed E-state index contributed by atoms with van der Waals surface area (Å²) in [6.45, 7) is 3.62. The Bertz CT molecular complexity index is 1140. The second kappa shape index (κ2) is 5.47. The van der Waals surface area contributed by atoms with Crippen molar-refractivity contribution in [2.75, 3.05) is 7.11 Å². The second-order valence-corrected chi connectivity index (χ2v) is 5.84. The van der Waals surface area contributed by atoms with Gasteiger partial charge in [0.2, 0.25) is 0 Å². The van der Waals surface area contributed by atoms with Crippen LogP contribution in [0.25, 0.3) is 28.1 Å². The third-order valence-electron chi connectivity index (χ3n) is 4.11. The number of hydrogen-bond acceptors (Lipinski definition) is 4. The fourth-order valence-corrected chi connectivity index (χ4v) is 2.94. The van der Waals surface area contributed by atoms with Gasteiger partial charge >= 0.3 is 0 Å². The third kappa shape index (κ3) is 2.31. The van der Waals surface area contributed by atoms with Gasteiger partial charge in [0.05, 0.1) is 23.9 Å².